The van der Waals surface area contributed by atoms with Crippen molar-refractivity contribution < 1.29 is 19.5 Å². The van der Waals surface area contributed by atoms with Crippen molar-refractivity contribution in [1.82, 2.24) is 9.80 Å². The second-order valence-electron chi connectivity index (χ2n) is 6.53. The molecule has 2 fully saturated rings. The van der Waals surface area contributed by atoms with Crippen LogP contribution in [0.2, 0.25) is 0 Å². The van der Waals surface area contributed by atoms with Gasteiger partial charge in [-0.2, -0.15) is 0 Å². The van der Waals surface area contributed by atoms with Crippen LogP contribution in [0, 0.1) is 0 Å². The van der Waals surface area contributed by atoms with Gasteiger partial charge in [-0.15, -0.1) is 0 Å². The molecule has 1 N–H and O–H groups in total. The van der Waals surface area contributed by atoms with Gasteiger partial charge in [0.2, 0.25) is 11.8 Å². The molecule has 2 aliphatic heterocycles. The van der Waals surface area contributed by atoms with Crippen molar-refractivity contribution in [2.24, 2.45) is 0 Å². The molecule has 2 aliphatic rings. The van der Waals surface area contributed by atoms with E-state index in [0.29, 0.717) is 26.1 Å². The van der Waals surface area contributed by atoms with Gasteiger partial charge in [-0.25, -0.2) is 4.79 Å². The minimum Gasteiger partial charge on any atom is -0.478 e. The van der Waals surface area contributed by atoms with Crippen LogP contribution in [-0.2, 0) is 9.59 Å². The normalized spacial score (nSPS) is 21.2. The third kappa shape index (κ3) is 3.58. The lowest BCUT2D eigenvalue weighted by molar-refractivity contribution is -0.139. The van der Waals surface area contributed by atoms with Crippen LogP contribution in [-0.4, -0.2) is 58.9 Å². The fourth-order valence-corrected chi connectivity index (χ4v) is 3.54. The molecule has 128 valence electrons. The quantitative estimate of drug-likeness (QED) is 0.912. The molecule has 0 radical (unpaired) electrons. The van der Waals surface area contributed by atoms with Crippen LogP contribution in [0.5, 0.6) is 0 Å². The number of carbonyl (C=O) groups is 3. The van der Waals surface area contributed by atoms with Crippen LogP contribution in [0.15, 0.2) is 24.3 Å². The van der Waals surface area contributed by atoms with E-state index in [-0.39, 0.29) is 29.8 Å². The number of piperidine rings is 1. The highest BCUT2D eigenvalue weighted by Crippen LogP contribution is 2.27. The Bertz CT molecular complexity index is 658. The maximum absolute atomic E-state index is 12.5. The third-order valence-electron chi connectivity index (χ3n) is 4.88. The smallest absolute Gasteiger partial charge is 0.335 e. The first-order chi connectivity index (χ1) is 11.5. The predicted octanol–water partition coefficient (Wildman–Crippen LogP) is 1.71. The van der Waals surface area contributed by atoms with Gasteiger partial charge in [-0.3, -0.25) is 9.59 Å². The molecule has 2 saturated heterocycles. The lowest BCUT2D eigenvalue weighted by Crippen LogP contribution is -2.45. The Morgan fingerprint density at radius 3 is 2.75 bits per heavy atom. The molecule has 24 heavy (non-hydrogen) atoms. The first-order valence-electron chi connectivity index (χ1n) is 8.43. The molecule has 0 aliphatic carbocycles. The minimum atomic E-state index is -0.937. The summed E-state index contributed by atoms with van der Waals surface area (Å²) in [6.45, 7) is 2.13. The first kappa shape index (κ1) is 16.5. The molecular weight excluding hydrogens is 308 g/mol. The lowest BCUT2D eigenvalue weighted by Gasteiger charge is -2.34. The number of carbonyl (C=O) groups excluding carboxylic acids is 2. The molecule has 6 heteroatoms. The summed E-state index contributed by atoms with van der Waals surface area (Å²) >= 11 is 0. The maximum Gasteiger partial charge on any atom is 0.335 e. The number of hydrogen-bond donors (Lipinski definition) is 1. The van der Waals surface area contributed by atoms with E-state index in [1.54, 1.807) is 23.1 Å². The highest BCUT2D eigenvalue weighted by molar-refractivity contribution is 5.88. The van der Waals surface area contributed by atoms with E-state index in [9.17, 15) is 14.4 Å². The summed E-state index contributed by atoms with van der Waals surface area (Å²) in [7, 11) is 0. The molecule has 2 amide bonds. The van der Waals surface area contributed by atoms with E-state index in [2.05, 4.69) is 0 Å². The van der Waals surface area contributed by atoms with Gasteiger partial charge in [-0.05, 0) is 37.0 Å². The fraction of sp³-hybridized carbons (Fsp3) is 0.500. The largest absolute Gasteiger partial charge is 0.478 e. The molecule has 0 aromatic heterocycles. The Hall–Kier alpha value is -2.37. The van der Waals surface area contributed by atoms with Crippen molar-refractivity contribution in [1.29, 1.82) is 0 Å². The Morgan fingerprint density at radius 1 is 1.21 bits per heavy atom. The van der Waals surface area contributed by atoms with E-state index in [0.717, 1.165) is 24.8 Å². The standard InChI is InChI=1S/C18H22N2O4/c21-16-7-3-9-20(16)12-17(22)19-8-2-6-15(11-19)13-4-1-5-14(10-13)18(23)24/h1,4-5,10,15H,2-3,6-9,11-12H2,(H,23,24). The molecule has 3 rings (SSSR count). The average molecular weight is 330 g/mol. The Labute approximate surface area is 141 Å². The second-order valence-corrected chi connectivity index (χ2v) is 6.53. The molecule has 6 nitrogen and oxygen atoms in total. The fourth-order valence-electron chi connectivity index (χ4n) is 3.54. The van der Waals surface area contributed by atoms with E-state index in [1.165, 1.54) is 0 Å². The van der Waals surface area contributed by atoms with E-state index < -0.39 is 5.97 Å². The number of hydrogen-bond acceptors (Lipinski definition) is 3. The summed E-state index contributed by atoms with van der Waals surface area (Å²) in [5.41, 5.74) is 1.24. The summed E-state index contributed by atoms with van der Waals surface area (Å²) in [6, 6.07) is 6.96. The van der Waals surface area contributed by atoms with Gasteiger partial charge in [0.05, 0.1) is 12.1 Å². The van der Waals surface area contributed by atoms with Crippen LogP contribution >= 0.6 is 0 Å². The lowest BCUT2D eigenvalue weighted by atomic mass is 9.89. The summed E-state index contributed by atoms with van der Waals surface area (Å²) < 4.78 is 0. The van der Waals surface area contributed by atoms with Crippen LogP contribution < -0.4 is 0 Å². The van der Waals surface area contributed by atoms with Gasteiger partial charge in [0.1, 0.15) is 0 Å². The van der Waals surface area contributed by atoms with E-state index >= 15 is 0 Å². The molecule has 0 saturated carbocycles. The van der Waals surface area contributed by atoms with Gasteiger partial charge < -0.3 is 14.9 Å². The number of carboxylic acids is 1. The molecule has 1 aromatic rings. The number of benzene rings is 1. The molecule has 1 unspecified atom stereocenters. The van der Waals surface area contributed by atoms with Gasteiger partial charge in [0.25, 0.3) is 0 Å². The van der Waals surface area contributed by atoms with Gasteiger partial charge in [-0.1, -0.05) is 12.1 Å². The molecule has 0 bridgehead atoms. The number of carboxylic acid groups (broad SMARTS) is 1. The number of rotatable bonds is 4. The highest BCUT2D eigenvalue weighted by Gasteiger charge is 2.28. The van der Waals surface area contributed by atoms with Gasteiger partial charge in [0.15, 0.2) is 0 Å². The van der Waals surface area contributed by atoms with Crippen molar-refractivity contribution in [2.75, 3.05) is 26.2 Å². The summed E-state index contributed by atoms with van der Waals surface area (Å²) in [6.07, 6.45) is 3.20. The Kier molecular flexibility index (Phi) is 4.83. The summed E-state index contributed by atoms with van der Waals surface area (Å²) in [4.78, 5) is 38.7. The zero-order chi connectivity index (χ0) is 17.1. The van der Waals surface area contributed by atoms with Crippen molar-refractivity contribution in [2.45, 2.75) is 31.6 Å². The zero-order valence-corrected chi connectivity index (χ0v) is 13.6. The summed E-state index contributed by atoms with van der Waals surface area (Å²) in [5.74, 6) is -0.736. The van der Waals surface area contributed by atoms with E-state index in [4.69, 9.17) is 5.11 Å². The topological polar surface area (TPSA) is 77.9 Å². The Morgan fingerprint density at radius 2 is 2.04 bits per heavy atom. The van der Waals surface area contributed by atoms with Crippen LogP contribution in [0.4, 0.5) is 0 Å². The predicted molar refractivity (Wildman–Crippen MR) is 87.8 cm³/mol. The molecular formula is C18H22N2O4. The van der Waals surface area contributed by atoms with Gasteiger partial charge >= 0.3 is 5.97 Å². The zero-order valence-electron chi connectivity index (χ0n) is 13.6. The average Bonchev–Trinajstić information content (AvgIpc) is 3.00. The van der Waals surface area contributed by atoms with Crippen LogP contribution in [0.25, 0.3) is 0 Å². The number of amides is 2. The first-order valence-corrected chi connectivity index (χ1v) is 8.43. The SMILES string of the molecule is O=C(O)c1cccc(C2CCCN(C(=O)CN3CCCC3=O)C2)c1. The van der Waals surface area contributed by atoms with Gasteiger partial charge in [0, 0.05) is 32.0 Å². The van der Waals surface area contributed by atoms with E-state index in [1.807, 2.05) is 11.0 Å². The van der Waals surface area contributed by atoms with Crippen LogP contribution in [0.1, 0.15) is 47.5 Å². The molecule has 2 heterocycles. The third-order valence-corrected chi connectivity index (χ3v) is 4.88. The van der Waals surface area contributed by atoms with Crippen LogP contribution in [0.3, 0.4) is 0 Å². The number of aromatic carboxylic acids is 1. The number of likely N-dealkylation sites (tertiary alicyclic amines) is 2. The maximum atomic E-state index is 12.5. The Balaban J connectivity index is 1.65. The summed E-state index contributed by atoms with van der Waals surface area (Å²) in [5, 5.41) is 9.13. The van der Waals surface area contributed by atoms with Crippen molar-refractivity contribution in [3.63, 3.8) is 0 Å². The van der Waals surface area contributed by atoms with Crippen molar-refractivity contribution in [3.05, 3.63) is 35.4 Å². The second kappa shape index (κ2) is 7.03. The molecule has 1 atom stereocenters. The monoisotopic (exact) mass is 330 g/mol. The molecule has 1 aromatic carbocycles. The van der Waals surface area contributed by atoms with Crippen molar-refractivity contribution in [3.8, 4) is 0 Å². The van der Waals surface area contributed by atoms with Crippen molar-refractivity contribution >= 4 is 17.8 Å². The molecule has 0 spiro atoms. The highest BCUT2D eigenvalue weighted by atomic mass is 16.4. The number of nitrogens with zero attached hydrogens (tertiary/aromatic N) is 2. The minimum absolute atomic E-state index is 0.00987.